The second kappa shape index (κ2) is 17.4. The van der Waals surface area contributed by atoms with Crippen LogP contribution < -0.4 is 10.6 Å². The van der Waals surface area contributed by atoms with Crippen LogP contribution in [0.1, 0.15) is 43.9 Å². The van der Waals surface area contributed by atoms with E-state index in [-0.39, 0.29) is 36.2 Å². The number of nitrogens with one attached hydrogen (secondary N) is 2. The lowest BCUT2D eigenvalue weighted by Gasteiger charge is -2.32. The average molecular weight is 653 g/mol. The second-order valence-electron chi connectivity index (χ2n) is 11.8. The number of oxime groups is 1. The second-order valence-corrected chi connectivity index (χ2v) is 13.8. The average Bonchev–Trinajstić information content (AvgIpc) is 3.03. The molecule has 2 amide bonds. The molecule has 0 heterocycles. The number of carbonyl (C=O) groups excluding carboxylic acids is 1. The molecule has 12 heteroatoms. The fraction of sp³-hybridized carbons (Fsp3) is 0.382. The molecule has 4 atom stereocenters. The number of aliphatic hydroxyl groups excluding tert-OH is 1. The van der Waals surface area contributed by atoms with Crippen LogP contribution >= 0.6 is 0 Å². The van der Waals surface area contributed by atoms with Gasteiger partial charge in [0.1, 0.15) is 6.04 Å². The number of benzene rings is 3. The molecule has 0 aromatic heterocycles. The number of nitrogens with zero attached hydrogens (tertiary/aromatic N) is 2. The molecule has 248 valence electrons. The Morgan fingerprint density at radius 1 is 0.870 bits per heavy atom. The lowest BCUT2D eigenvalue weighted by atomic mass is 9.92. The van der Waals surface area contributed by atoms with E-state index in [0.29, 0.717) is 18.4 Å². The molecule has 0 fully saturated rings. The molecule has 46 heavy (non-hydrogen) atoms. The number of hydrogen-bond donors (Lipinski definition) is 5. The summed E-state index contributed by atoms with van der Waals surface area (Å²) in [6.07, 6.45) is -0.175. The third kappa shape index (κ3) is 11.0. The molecule has 0 aliphatic rings. The fourth-order valence-electron chi connectivity index (χ4n) is 5.18. The highest BCUT2D eigenvalue weighted by Gasteiger charge is 2.34. The van der Waals surface area contributed by atoms with E-state index >= 15 is 0 Å². The van der Waals surface area contributed by atoms with Crippen LogP contribution in [0.2, 0.25) is 0 Å². The van der Waals surface area contributed by atoms with E-state index in [1.54, 1.807) is 6.92 Å². The summed E-state index contributed by atoms with van der Waals surface area (Å²) in [6, 6.07) is 22.6. The van der Waals surface area contributed by atoms with Crippen molar-refractivity contribution in [1.82, 2.24) is 14.9 Å². The van der Waals surface area contributed by atoms with Crippen molar-refractivity contribution in [2.45, 2.75) is 63.1 Å². The first-order valence-corrected chi connectivity index (χ1v) is 16.7. The quantitative estimate of drug-likeness (QED) is 0.0830. The summed E-state index contributed by atoms with van der Waals surface area (Å²) in [6.45, 7) is 5.29. The van der Waals surface area contributed by atoms with E-state index in [2.05, 4.69) is 15.8 Å². The van der Waals surface area contributed by atoms with E-state index < -0.39 is 40.2 Å². The van der Waals surface area contributed by atoms with Gasteiger partial charge in [0, 0.05) is 13.1 Å². The molecule has 0 spiro atoms. The predicted octanol–water partition coefficient (Wildman–Crippen LogP) is 4.13. The largest absolute Gasteiger partial charge is 0.465 e. The summed E-state index contributed by atoms with van der Waals surface area (Å²) in [5, 5.41) is 38.1. The number of sulfonamides is 1. The van der Waals surface area contributed by atoms with Gasteiger partial charge in [-0.25, -0.2) is 13.2 Å². The van der Waals surface area contributed by atoms with Gasteiger partial charge in [-0.15, -0.1) is 0 Å². The van der Waals surface area contributed by atoms with Crippen LogP contribution in [-0.2, 0) is 27.7 Å². The van der Waals surface area contributed by atoms with Crippen LogP contribution in [0.15, 0.2) is 95.0 Å². The molecule has 5 N–H and O–H groups in total. The van der Waals surface area contributed by atoms with Crippen LogP contribution in [0, 0.1) is 11.8 Å². The van der Waals surface area contributed by atoms with E-state index in [4.69, 9.17) is 5.21 Å². The van der Waals surface area contributed by atoms with Gasteiger partial charge in [0.2, 0.25) is 15.9 Å². The van der Waals surface area contributed by atoms with Crippen LogP contribution in [0.5, 0.6) is 0 Å². The van der Waals surface area contributed by atoms with Gasteiger partial charge in [0.15, 0.2) is 0 Å². The van der Waals surface area contributed by atoms with Crippen molar-refractivity contribution in [3.05, 3.63) is 102 Å². The first kappa shape index (κ1) is 36.2. The van der Waals surface area contributed by atoms with E-state index in [0.717, 1.165) is 11.1 Å². The fourth-order valence-corrected chi connectivity index (χ4v) is 6.81. The van der Waals surface area contributed by atoms with Gasteiger partial charge in [0.05, 0.1) is 23.3 Å². The first-order valence-electron chi connectivity index (χ1n) is 15.2. The zero-order chi connectivity index (χ0) is 33.7. The minimum atomic E-state index is -4.07. The van der Waals surface area contributed by atoms with E-state index in [9.17, 15) is 28.2 Å². The van der Waals surface area contributed by atoms with Gasteiger partial charge in [-0.1, -0.05) is 98.7 Å². The molecule has 1 unspecified atom stereocenters. The number of amides is 2. The molecule has 0 aliphatic carbocycles. The van der Waals surface area contributed by atoms with Crippen LogP contribution in [0.4, 0.5) is 4.79 Å². The van der Waals surface area contributed by atoms with Gasteiger partial charge in [0.25, 0.3) is 0 Å². The Hall–Kier alpha value is -4.26. The van der Waals surface area contributed by atoms with Crippen molar-refractivity contribution < 1.29 is 33.4 Å². The minimum absolute atomic E-state index is 0.00273. The smallest absolute Gasteiger partial charge is 0.405 e. The number of aliphatic hydroxyl groups is 1. The third-order valence-corrected chi connectivity index (χ3v) is 9.48. The van der Waals surface area contributed by atoms with Crippen molar-refractivity contribution in [3.8, 4) is 0 Å². The highest BCUT2D eigenvalue weighted by molar-refractivity contribution is 7.89. The molecule has 0 saturated heterocycles. The lowest BCUT2D eigenvalue weighted by molar-refractivity contribution is -0.125. The summed E-state index contributed by atoms with van der Waals surface area (Å²) in [4.78, 5) is 25.4. The van der Waals surface area contributed by atoms with Gasteiger partial charge in [-0.05, 0) is 59.9 Å². The molecule has 3 aromatic carbocycles. The monoisotopic (exact) mass is 652 g/mol. The maximum Gasteiger partial charge on any atom is 0.405 e. The topological polar surface area (TPSA) is 169 Å². The van der Waals surface area contributed by atoms with Gasteiger partial charge in [-0.2, -0.15) is 4.31 Å². The summed E-state index contributed by atoms with van der Waals surface area (Å²) in [5.41, 5.74) is 2.36. The maximum absolute atomic E-state index is 13.8. The summed E-state index contributed by atoms with van der Waals surface area (Å²) in [7, 11) is -4.07. The van der Waals surface area contributed by atoms with Crippen molar-refractivity contribution in [2.24, 2.45) is 17.0 Å². The zero-order valence-corrected chi connectivity index (χ0v) is 27.2. The molecule has 0 saturated carbocycles. The van der Waals surface area contributed by atoms with Gasteiger partial charge >= 0.3 is 6.09 Å². The molecule has 11 nitrogen and oxygen atoms in total. The molecular weight excluding hydrogens is 608 g/mol. The summed E-state index contributed by atoms with van der Waals surface area (Å²) in [5.74, 6) is -1.08. The maximum atomic E-state index is 13.8. The molecule has 3 aromatic rings. The zero-order valence-electron chi connectivity index (χ0n) is 26.4. The number of carbonyl (C=O) groups is 2. The standard InChI is InChI=1S/C34H44N4O7S/c1-24(2)22-38(46(44,45)29-18-16-28(17-19-29)21-35-43)23-31(39)30(20-27-12-8-5-9-13-27)36-33(40)32(37-34(41)42)25(3)14-15-26-10-6-4-7-11-26/h4-13,16-19,21,24-25,30-32,37,39,43H,14-15,20,22-23H2,1-3H3,(H,36,40)(H,41,42)/t25?,30-,31-,32-/m0/s1. The molecular formula is C34H44N4O7S. The molecule has 3 rings (SSSR count). The first-order chi connectivity index (χ1) is 21.9. The van der Waals surface area contributed by atoms with Crippen LogP contribution in [0.3, 0.4) is 0 Å². The number of carboxylic acid groups (broad SMARTS) is 1. The molecule has 0 bridgehead atoms. The number of rotatable bonds is 17. The Labute approximate surface area is 271 Å². The minimum Gasteiger partial charge on any atom is -0.465 e. The summed E-state index contributed by atoms with van der Waals surface area (Å²) < 4.78 is 28.7. The third-order valence-electron chi connectivity index (χ3n) is 7.64. The van der Waals surface area contributed by atoms with Gasteiger partial charge < -0.3 is 26.1 Å². The molecule has 0 radical (unpaired) electrons. The molecule has 0 aliphatic heterocycles. The van der Waals surface area contributed by atoms with Crippen molar-refractivity contribution in [2.75, 3.05) is 13.1 Å². The number of aryl methyl sites for hydroxylation is 1. The Kier molecular flexibility index (Phi) is 13.7. The summed E-state index contributed by atoms with van der Waals surface area (Å²) >= 11 is 0. The van der Waals surface area contributed by atoms with Gasteiger partial charge in [-0.3, -0.25) is 4.79 Å². The van der Waals surface area contributed by atoms with Crippen molar-refractivity contribution in [1.29, 1.82) is 0 Å². The number of hydrogen-bond acceptors (Lipinski definition) is 7. The Morgan fingerprint density at radius 2 is 1.46 bits per heavy atom. The van der Waals surface area contributed by atoms with E-state index in [1.165, 1.54) is 34.8 Å². The Bertz CT molecular complexity index is 1520. The normalized spacial score (nSPS) is 14.6. The highest BCUT2D eigenvalue weighted by Crippen LogP contribution is 2.20. The lowest BCUT2D eigenvalue weighted by Crippen LogP contribution is -2.57. The van der Waals surface area contributed by atoms with Crippen LogP contribution in [0.25, 0.3) is 0 Å². The Balaban J connectivity index is 1.87. The predicted molar refractivity (Wildman–Crippen MR) is 176 cm³/mol. The highest BCUT2D eigenvalue weighted by atomic mass is 32.2. The Morgan fingerprint density at radius 3 is 2.00 bits per heavy atom. The van der Waals surface area contributed by atoms with Crippen LogP contribution in [-0.4, -0.2) is 77.6 Å². The SMILES string of the molecule is CC(C)CN(C[C@H](O)[C@H](Cc1ccccc1)NC(=O)[C@@H](NC(=O)O)C(C)CCc1ccccc1)S(=O)(=O)c1ccc(C=NO)cc1. The van der Waals surface area contributed by atoms with E-state index in [1.807, 2.05) is 74.5 Å². The van der Waals surface area contributed by atoms with Crippen molar-refractivity contribution >= 4 is 28.2 Å². The van der Waals surface area contributed by atoms with Crippen molar-refractivity contribution in [3.63, 3.8) is 0 Å².